The molecule has 6 heteroatoms. The third-order valence-corrected chi connectivity index (χ3v) is 3.39. The minimum Gasteiger partial charge on any atom is -0.384 e. The fraction of sp³-hybridized carbons (Fsp3) is 0.0714. The van der Waals surface area contributed by atoms with Gasteiger partial charge >= 0.3 is 0 Å². The number of hydrogen-bond acceptors (Lipinski definition) is 2. The molecule has 1 N–H and O–H groups in total. The first-order valence-electron chi connectivity index (χ1n) is 5.45. The minimum absolute atomic E-state index is 0.0290. The van der Waals surface area contributed by atoms with Gasteiger partial charge in [0.2, 0.25) is 0 Å². The predicted molar refractivity (Wildman–Crippen MR) is 69.2 cm³/mol. The fourth-order valence-electron chi connectivity index (χ4n) is 1.77. The average Bonchev–Trinajstić information content (AvgIpc) is 2.37. The van der Waals surface area contributed by atoms with E-state index in [2.05, 4.69) is 15.9 Å². The molecule has 2 aromatic rings. The lowest BCUT2D eigenvalue weighted by Crippen LogP contribution is -2.03. The first kappa shape index (κ1) is 14.6. The molecule has 2 nitrogen and oxygen atoms in total. The van der Waals surface area contributed by atoms with Crippen molar-refractivity contribution in [1.82, 2.24) is 0 Å². The van der Waals surface area contributed by atoms with E-state index in [4.69, 9.17) is 5.26 Å². The molecular weight excluding hydrogens is 335 g/mol. The summed E-state index contributed by atoms with van der Waals surface area (Å²) in [4.78, 5) is 0. The topological polar surface area (TPSA) is 44.0 Å². The van der Waals surface area contributed by atoms with Gasteiger partial charge < -0.3 is 5.11 Å². The van der Waals surface area contributed by atoms with Gasteiger partial charge in [0.1, 0.15) is 29.6 Å². The van der Waals surface area contributed by atoms with E-state index in [1.54, 1.807) is 6.07 Å². The summed E-state index contributed by atoms with van der Waals surface area (Å²) in [6.07, 6.45) is -1.39. The van der Waals surface area contributed by atoms with Crippen LogP contribution in [0.2, 0.25) is 0 Å². The number of hydrogen-bond donors (Lipinski definition) is 1. The Morgan fingerprint density at radius 2 is 1.65 bits per heavy atom. The molecule has 0 radical (unpaired) electrons. The van der Waals surface area contributed by atoms with Gasteiger partial charge in [-0.3, -0.25) is 0 Å². The van der Waals surface area contributed by atoms with E-state index in [0.29, 0.717) is 6.07 Å². The van der Waals surface area contributed by atoms with Gasteiger partial charge in [-0.25, -0.2) is 13.2 Å². The molecule has 0 aromatic heterocycles. The maximum Gasteiger partial charge on any atom is 0.142 e. The number of nitriles is 1. The van der Waals surface area contributed by atoms with Crippen LogP contribution in [-0.4, -0.2) is 5.11 Å². The van der Waals surface area contributed by atoms with Gasteiger partial charge in [0, 0.05) is 16.1 Å². The summed E-state index contributed by atoms with van der Waals surface area (Å²) in [6, 6.07) is 6.40. The van der Waals surface area contributed by atoms with Gasteiger partial charge in [-0.1, -0.05) is 15.9 Å². The van der Waals surface area contributed by atoms with E-state index >= 15 is 0 Å². The monoisotopic (exact) mass is 341 g/mol. The second-order valence-electron chi connectivity index (χ2n) is 4.07. The first-order chi connectivity index (χ1) is 9.42. The molecular formula is C14H7BrF3NO. The van der Waals surface area contributed by atoms with Crippen LogP contribution in [0.3, 0.4) is 0 Å². The maximum atomic E-state index is 13.4. The van der Waals surface area contributed by atoms with Crippen LogP contribution in [0.25, 0.3) is 0 Å². The summed E-state index contributed by atoms with van der Waals surface area (Å²) in [6.45, 7) is 0. The molecule has 0 aliphatic carbocycles. The number of aliphatic hydroxyl groups excluding tert-OH is 1. The molecule has 102 valence electrons. The molecule has 2 aromatic carbocycles. The van der Waals surface area contributed by atoms with Gasteiger partial charge in [-0.2, -0.15) is 5.26 Å². The smallest absolute Gasteiger partial charge is 0.142 e. The highest BCUT2D eigenvalue weighted by atomic mass is 79.9. The van der Waals surface area contributed by atoms with Gasteiger partial charge in [-0.05, 0) is 29.8 Å². The van der Waals surface area contributed by atoms with Crippen LogP contribution >= 0.6 is 15.9 Å². The maximum absolute atomic E-state index is 13.4. The molecule has 1 unspecified atom stereocenters. The molecule has 0 fully saturated rings. The van der Waals surface area contributed by atoms with Crippen LogP contribution in [-0.2, 0) is 0 Å². The number of nitrogens with zero attached hydrogens (tertiary/aromatic N) is 1. The Bertz CT molecular complexity index is 692. The zero-order valence-electron chi connectivity index (χ0n) is 9.87. The lowest BCUT2D eigenvalue weighted by Gasteiger charge is -2.14. The van der Waals surface area contributed by atoms with Crippen molar-refractivity contribution in [3.8, 4) is 6.07 Å². The van der Waals surface area contributed by atoms with E-state index < -0.39 is 23.6 Å². The standard InChI is InChI=1S/C14H7BrF3NO/c15-12-5-13(18)8(6-19)3-11(12)14(20)7-1-9(16)4-10(17)2-7/h1-5,14,20H. The largest absolute Gasteiger partial charge is 0.384 e. The van der Waals surface area contributed by atoms with Crippen LogP contribution < -0.4 is 0 Å². The molecule has 0 saturated heterocycles. The predicted octanol–water partition coefficient (Wildman–Crippen LogP) is 3.82. The van der Waals surface area contributed by atoms with Crippen LogP contribution in [0, 0.1) is 28.8 Å². The quantitative estimate of drug-likeness (QED) is 0.902. The molecule has 0 saturated carbocycles. The fourth-order valence-corrected chi connectivity index (χ4v) is 2.31. The summed E-state index contributed by atoms with van der Waals surface area (Å²) in [5.41, 5.74) is -0.147. The number of benzene rings is 2. The second kappa shape index (κ2) is 5.65. The highest BCUT2D eigenvalue weighted by molar-refractivity contribution is 9.10. The highest BCUT2D eigenvalue weighted by Gasteiger charge is 2.18. The van der Waals surface area contributed by atoms with E-state index in [9.17, 15) is 18.3 Å². The Labute approximate surface area is 121 Å². The van der Waals surface area contributed by atoms with Crippen molar-refractivity contribution in [3.05, 3.63) is 68.9 Å². The Morgan fingerprint density at radius 1 is 1.05 bits per heavy atom. The molecule has 1 atom stereocenters. The third-order valence-electron chi connectivity index (χ3n) is 2.70. The summed E-state index contributed by atoms with van der Waals surface area (Å²) in [7, 11) is 0. The van der Waals surface area contributed by atoms with Crippen molar-refractivity contribution >= 4 is 15.9 Å². The SMILES string of the molecule is N#Cc1cc(C(O)c2cc(F)cc(F)c2)c(Br)cc1F. The van der Waals surface area contributed by atoms with Crippen LogP contribution in [0.4, 0.5) is 13.2 Å². The lowest BCUT2D eigenvalue weighted by atomic mass is 9.99. The zero-order valence-corrected chi connectivity index (χ0v) is 11.5. The number of halogens is 4. The summed E-state index contributed by atoms with van der Waals surface area (Å²) in [5.74, 6) is -2.42. The van der Waals surface area contributed by atoms with Crippen LogP contribution in [0.15, 0.2) is 34.8 Å². The van der Waals surface area contributed by atoms with Crippen LogP contribution in [0.5, 0.6) is 0 Å². The van der Waals surface area contributed by atoms with E-state index in [0.717, 1.165) is 24.3 Å². The summed E-state index contributed by atoms with van der Waals surface area (Å²) < 4.78 is 39.8. The molecule has 0 heterocycles. The van der Waals surface area contributed by atoms with E-state index in [1.807, 2.05) is 0 Å². The Hall–Kier alpha value is -1.84. The van der Waals surface area contributed by atoms with Crippen molar-refractivity contribution in [3.63, 3.8) is 0 Å². The van der Waals surface area contributed by atoms with Crippen molar-refractivity contribution in [2.75, 3.05) is 0 Å². The van der Waals surface area contributed by atoms with Crippen molar-refractivity contribution in [2.24, 2.45) is 0 Å². The van der Waals surface area contributed by atoms with E-state index in [-0.39, 0.29) is 21.2 Å². The number of rotatable bonds is 2. The Balaban J connectivity index is 2.53. The van der Waals surface area contributed by atoms with Crippen molar-refractivity contribution in [2.45, 2.75) is 6.10 Å². The Morgan fingerprint density at radius 3 is 2.20 bits per heavy atom. The zero-order chi connectivity index (χ0) is 14.9. The molecule has 2 rings (SSSR count). The van der Waals surface area contributed by atoms with Gasteiger partial charge in [0.15, 0.2) is 0 Å². The number of aliphatic hydroxyl groups is 1. The molecule has 20 heavy (non-hydrogen) atoms. The molecule has 0 aliphatic heterocycles. The van der Waals surface area contributed by atoms with E-state index in [1.165, 1.54) is 0 Å². The molecule has 0 bridgehead atoms. The lowest BCUT2D eigenvalue weighted by molar-refractivity contribution is 0.218. The van der Waals surface area contributed by atoms with Gasteiger partial charge in [0.25, 0.3) is 0 Å². The van der Waals surface area contributed by atoms with Gasteiger partial charge in [-0.15, -0.1) is 0 Å². The second-order valence-corrected chi connectivity index (χ2v) is 4.93. The normalized spacial score (nSPS) is 12.0. The molecule has 0 spiro atoms. The minimum atomic E-state index is -1.39. The summed E-state index contributed by atoms with van der Waals surface area (Å²) >= 11 is 3.05. The average molecular weight is 342 g/mol. The first-order valence-corrected chi connectivity index (χ1v) is 6.24. The highest BCUT2D eigenvalue weighted by Crippen LogP contribution is 2.31. The van der Waals surface area contributed by atoms with Crippen molar-refractivity contribution in [1.29, 1.82) is 5.26 Å². The van der Waals surface area contributed by atoms with Crippen molar-refractivity contribution < 1.29 is 18.3 Å². The van der Waals surface area contributed by atoms with Crippen LogP contribution in [0.1, 0.15) is 22.8 Å². The molecule has 0 aliphatic rings. The van der Waals surface area contributed by atoms with Gasteiger partial charge in [0.05, 0.1) is 5.56 Å². The Kier molecular flexibility index (Phi) is 4.12. The summed E-state index contributed by atoms with van der Waals surface area (Å²) in [5, 5.41) is 18.9. The molecule has 0 amide bonds. The third kappa shape index (κ3) is 2.84.